The molecule has 1 aliphatic rings. The van der Waals surface area contributed by atoms with Gasteiger partial charge >= 0.3 is 0 Å². The zero-order chi connectivity index (χ0) is 14.8. The Morgan fingerprint density at radius 2 is 1.86 bits per heavy atom. The maximum absolute atomic E-state index is 9.43. The lowest BCUT2D eigenvalue weighted by Crippen LogP contribution is -2.27. The van der Waals surface area contributed by atoms with Crippen molar-refractivity contribution in [3.63, 3.8) is 0 Å². The van der Waals surface area contributed by atoms with E-state index >= 15 is 0 Å². The number of hydrogen-bond donors (Lipinski definition) is 1. The highest BCUT2D eigenvalue weighted by Gasteiger charge is 2.33. The van der Waals surface area contributed by atoms with E-state index in [-0.39, 0.29) is 18.8 Å². The Hall–Kier alpha value is -1.69. The molecular weight excluding hydrogens is 268 g/mol. The van der Waals surface area contributed by atoms with Crippen LogP contribution in [0.25, 0.3) is 10.9 Å². The lowest BCUT2D eigenvalue weighted by Gasteiger charge is -2.21. The number of ether oxygens (including phenoxy) is 2. The highest BCUT2D eigenvalue weighted by molar-refractivity contribution is 5.92. The molecule has 2 atom stereocenters. The van der Waals surface area contributed by atoms with Crippen LogP contribution in [0.1, 0.15) is 5.69 Å². The molecule has 1 aliphatic heterocycles. The van der Waals surface area contributed by atoms with Crippen LogP contribution in [0.15, 0.2) is 30.3 Å². The number of rotatable bonds is 4. The SMILES string of the molecule is COC1CN(c2cc(CO)nc3ccccc23)CC1OC. The molecule has 1 aromatic carbocycles. The van der Waals surface area contributed by atoms with Crippen molar-refractivity contribution >= 4 is 16.6 Å². The van der Waals surface area contributed by atoms with E-state index in [9.17, 15) is 5.11 Å². The first-order chi connectivity index (χ1) is 10.3. The van der Waals surface area contributed by atoms with Crippen molar-refractivity contribution in [2.45, 2.75) is 18.8 Å². The predicted octanol–water partition coefficient (Wildman–Crippen LogP) is 1.58. The second kappa shape index (κ2) is 5.97. The number of fused-ring (bicyclic) bond motifs is 1. The maximum Gasteiger partial charge on any atom is 0.102 e. The second-order valence-electron chi connectivity index (χ2n) is 5.26. The Labute approximate surface area is 124 Å². The van der Waals surface area contributed by atoms with Crippen LogP contribution in [0.4, 0.5) is 5.69 Å². The van der Waals surface area contributed by atoms with Crippen LogP contribution in [-0.2, 0) is 16.1 Å². The van der Waals surface area contributed by atoms with Crippen LogP contribution in [-0.4, -0.2) is 49.6 Å². The third-order valence-corrected chi connectivity index (χ3v) is 4.07. The van der Waals surface area contributed by atoms with E-state index in [2.05, 4.69) is 16.0 Å². The Morgan fingerprint density at radius 3 is 2.48 bits per heavy atom. The van der Waals surface area contributed by atoms with Gasteiger partial charge in [0.25, 0.3) is 0 Å². The molecule has 3 rings (SSSR count). The van der Waals surface area contributed by atoms with Gasteiger partial charge < -0.3 is 19.5 Å². The van der Waals surface area contributed by atoms with Crippen LogP contribution >= 0.6 is 0 Å². The molecule has 2 unspecified atom stereocenters. The highest BCUT2D eigenvalue weighted by atomic mass is 16.5. The van der Waals surface area contributed by atoms with E-state index in [0.29, 0.717) is 5.69 Å². The topological polar surface area (TPSA) is 54.8 Å². The fraction of sp³-hybridized carbons (Fsp3) is 0.438. The molecule has 0 bridgehead atoms. The molecule has 1 N–H and O–H groups in total. The first-order valence-electron chi connectivity index (χ1n) is 7.07. The van der Waals surface area contributed by atoms with Gasteiger partial charge in [-0.05, 0) is 12.1 Å². The summed E-state index contributed by atoms with van der Waals surface area (Å²) in [7, 11) is 3.42. The number of nitrogens with zero attached hydrogens (tertiary/aromatic N) is 2. The summed E-state index contributed by atoms with van der Waals surface area (Å²) in [6.45, 7) is 1.48. The van der Waals surface area contributed by atoms with Crippen molar-refractivity contribution in [1.82, 2.24) is 4.98 Å². The number of aromatic nitrogens is 1. The quantitative estimate of drug-likeness (QED) is 0.925. The molecule has 2 aromatic rings. The van der Waals surface area contributed by atoms with Crippen molar-refractivity contribution in [3.8, 4) is 0 Å². The van der Waals surface area contributed by atoms with Gasteiger partial charge in [0.15, 0.2) is 0 Å². The molecular formula is C16H20N2O3. The summed E-state index contributed by atoms with van der Waals surface area (Å²) < 4.78 is 11.0. The average molecular weight is 288 g/mol. The van der Waals surface area contributed by atoms with Crippen molar-refractivity contribution in [2.75, 3.05) is 32.2 Å². The highest BCUT2D eigenvalue weighted by Crippen LogP contribution is 2.30. The number of anilines is 1. The lowest BCUT2D eigenvalue weighted by molar-refractivity contribution is -0.00461. The Balaban J connectivity index is 2.03. The van der Waals surface area contributed by atoms with E-state index in [1.807, 2.05) is 24.3 Å². The number of para-hydroxylation sites is 1. The molecule has 1 fully saturated rings. The van der Waals surface area contributed by atoms with E-state index in [4.69, 9.17) is 9.47 Å². The smallest absolute Gasteiger partial charge is 0.102 e. The average Bonchev–Trinajstić information content (AvgIpc) is 2.96. The van der Waals surface area contributed by atoms with Crippen molar-refractivity contribution in [3.05, 3.63) is 36.0 Å². The Kier molecular flexibility index (Phi) is 4.05. The molecule has 0 saturated carbocycles. The molecule has 0 aliphatic carbocycles. The fourth-order valence-electron chi connectivity index (χ4n) is 2.95. The second-order valence-corrected chi connectivity index (χ2v) is 5.26. The van der Waals surface area contributed by atoms with E-state index in [1.54, 1.807) is 14.2 Å². The zero-order valence-electron chi connectivity index (χ0n) is 12.3. The summed E-state index contributed by atoms with van der Waals surface area (Å²) >= 11 is 0. The zero-order valence-corrected chi connectivity index (χ0v) is 12.3. The van der Waals surface area contributed by atoms with Crippen LogP contribution < -0.4 is 4.90 Å². The molecule has 0 spiro atoms. The first kappa shape index (κ1) is 14.3. The molecule has 5 heteroatoms. The first-order valence-corrected chi connectivity index (χ1v) is 7.07. The monoisotopic (exact) mass is 288 g/mol. The van der Waals surface area contributed by atoms with Crippen LogP contribution in [0.3, 0.4) is 0 Å². The molecule has 21 heavy (non-hydrogen) atoms. The van der Waals surface area contributed by atoms with Gasteiger partial charge in [0.2, 0.25) is 0 Å². The minimum Gasteiger partial charge on any atom is -0.390 e. The largest absolute Gasteiger partial charge is 0.390 e. The molecule has 0 amide bonds. The van der Waals surface area contributed by atoms with Gasteiger partial charge in [0, 0.05) is 38.4 Å². The van der Waals surface area contributed by atoms with Gasteiger partial charge in [-0.3, -0.25) is 4.98 Å². The summed E-state index contributed by atoms with van der Waals surface area (Å²) in [6.07, 6.45) is 0.110. The normalized spacial score (nSPS) is 22.1. The van der Waals surface area contributed by atoms with Crippen molar-refractivity contribution in [2.24, 2.45) is 0 Å². The number of methoxy groups -OCH3 is 2. The third kappa shape index (κ3) is 2.60. The molecule has 5 nitrogen and oxygen atoms in total. The van der Waals surface area contributed by atoms with Gasteiger partial charge in [-0.2, -0.15) is 0 Å². The van der Waals surface area contributed by atoms with E-state index < -0.39 is 0 Å². The van der Waals surface area contributed by atoms with Crippen LogP contribution in [0, 0.1) is 0 Å². The van der Waals surface area contributed by atoms with Crippen molar-refractivity contribution < 1.29 is 14.6 Å². The maximum atomic E-state index is 9.43. The molecule has 0 radical (unpaired) electrons. The summed E-state index contributed by atoms with van der Waals surface area (Å²) in [4.78, 5) is 6.71. The predicted molar refractivity (Wildman–Crippen MR) is 81.5 cm³/mol. The standard InChI is InChI=1S/C16H20N2O3/c1-20-15-8-18(9-16(15)21-2)14-7-11(10-19)17-13-6-4-3-5-12(13)14/h3-7,15-16,19H,8-10H2,1-2H3. The van der Waals surface area contributed by atoms with Gasteiger partial charge in [-0.25, -0.2) is 0 Å². The number of aliphatic hydroxyl groups excluding tert-OH is 1. The van der Waals surface area contributed by atoms with Gasteiger partial charge in [-0.1, -0.05) is 18.2 Å². The van der Waals surface area contributed by atoms with Gasteiger partial charge in [0.1, 0.15) is 12.2 Å². The van der Waals surface area contributed by atoms with Crippen molar-refractivity contribution in [1.29, 1.82) is 0 Å². The summed E-state index contributed by atoms with van der Waals surface area (Å²) in [5.41, 5.74) is 2.65. The minimum absolute atomic E-state index is 0.0551. The van der Waals surface area contributed by atoms with Crippen LogP contribution in [0.2, 0.25) is 0 Å². The molecule has 112 valence electrons. The Bertz CT molecular complexity index is 620. The third-order valence-electron chi connectivity index (χ3n) is 4.07. The number of aliphatic hydroxyl groups is 1. The summed E-state index contributed by atoms with van der Waals surface area (Å²) in [5, 5.41) is 10.5. The molecule has 1 saturated heterocycles. The summed E-state index contributed by atoms with van der Waals surface area (Å²) in [5.74, 6) is 0. The number of benzene rings is 1. The lowest BCUT2D eigenvalue weighted by atomic mass is 10.1. The molecule has 2 heterocycles. The van der Waals surface area contributed by atoms with Gasteiger partial charge in [0.05, 0.1) is 17.8 Å². The van der Waals surface area contributed by atoms with Gasteiger partial charge in [-0.15, -0.1) is 0 Å². The van der Waals surface area contributed by atoms with E-state index in [0.717, 1.165) is 29.7 Å². The summed E-state index contributed by atoms with van der Waals surface area (Å²) in [6, 6.07) is 9.94. The minimum atomic E-state index is -0.0624. The van der Waals surface area contributed by atoms with E-state index in [1.165, 1.54) is 0 Å². The van der Waals surface area contributed by atoms with Crippen LogP contribution in [0.5, 0.6) is 0 Å². The fourth-order valence-corrected chi connectivity index (χ4v) is 2.95. The number of pyridine rings is 1. The molecule has 1 aromatic heterocycles. The number of hydrogen-bond acceptors (Lipinski definition) is 5. The Morgan fingerprint density at radius 1 is 1.19 bits per heavy atom.